The second kappa shape index (κ2) is 7.47. The molecule has 152 valence electrons. The molecule has 5 rings (SSSR count). The molecule has 6 heteroatoms. The van der Waals surface area contributed by atoms with E-state index in [4.69, 9.17) is 4.65 Å². The summed E-state index contributed by atoms with van der Waals surface area (Å²) in [4.78, 5) is 13.4. The van der Waals surface area contributed by atoms with E-state index in [1.165, 1.54) is 4.49 Å². The largest absolute Gasteiger partial charge is 0.704 e. The van der Waals surface area contributed by atoms with Gasteiger partial charge in [0.15, 0.2) is 11.4 Å². The van der Waals surface area contributed by atoms with E-state index in [0.717, 1.165) is 26.4 Å². The van der Waals surface area contributed by atoms with E-state index in [-0.39, 0.29) is 5.56 Å². The van der Waals surface area contributed by atoms with Crippen LogP contribution in [0.1, 0.15) is 21.5 Å². The molecule has 0 N–H and O–H groups in total. The van der Waals surface area contributed by atoms with Crippen LogP contribution >= 0.6 is 15.9 Å². The standard InChI is InChI=1S/C25H18BBrFNO2/c1-17-6-8-19(9-7-17)25(30)26(28)29(21-13-11-20(27)12-14-21)16-23-22-5-3-2-4-18(22)10-15-24(23)31-26/h2-16H,1H3/t26-/m0/s1. The molecule has 1 atom stereocenters. The Morgan fingerprint density at radius 3 is 2.39 bits per heavy atom. The number of carbonyl (C=O) groups excluding carboxylic acids is 1. The molecule has 1 aliphatic heterocycles. The molecule has 0 unspecified atom stereocenters. The summed E-state index contributed by atoms with van der Waals surface area (Å²) in [5.41, 5.74) is 1.85. The number of carbonyl (C=O) groups is 1. The lowest BCUT2D eigenvalue weighted by Gasteiger charge is -2.34. The summed E-state index contributed by atoms with van der Waals surface area (Å²) in [6.07, 6.45) is 1.69. The topological polar surface area (TPSA) is 29.3 Å². The molecule has 0 saturated carbocycles. The van der Waals surface area contributed by atoms with Gasteiger partial charge in [0.25, 0.3) is 0 Å². The normalized spacial score (nSPS) is 17.6. The molecule has 0 spiro atoms. The summed E-state index contributed by atoms with van der Waals surface area (Å²) >= 11 is 3.41. The van der Waals surface area contributed by atoms with Gasteiger partial charge in [-0.15, -0.1) is 0 Å². The second-order valence-corrected chi connectivity index (χ2v) is 8.62. The molecule has 4 aromatic rings. The van der Waals surface area contributed by atoms with Gasteiger partial charge in [-0.2, -0.15) is 0 Å². The van der Waals surface area contributed by atoms with Crippen molar-refractivity contribution >= 4 is 51.0 Å². The first-order valence-corrected chi connectivity index (χ1v) is 10.8. The predicted octanol–water partition coefficient (Wildman–Crippen LogP) is 6.40. The first kappa shape index (κ1) is 19.7. The molecule has 0 aliphatic carbocycles. The molecule has 31 heavy (non-hydrogen) atoms. The second-order valence-electron chi connectivity index (χ2n) is 7.71. The number of rotatable bonds is 3. The van der Waals surface area contributed by atoms with Crippen LogP contribution in [0.15, 0.2) is 89.4 Å². The minimum Gasteiger partial charge on any atom is -0.624 e. The summed E-state index contributed by atoms with van der Waals surface area (Å²) in [6.45, 7) is -1.65. The van der Waals surface area contributed by atoms with Gasteiger partial charge < -0.3 is 18.3 Å². The van der Waals surface area contributed by atoms with Crippen LogP contribution < -0.4 is 4.65 Å². The Morgan fingerprint density at radius 1 is 0.935 bits per heavy atom. The van der Waals surface area contributed by atoms with Gasteiger partial charge in [-0.25, -0.2) is 0 Å². The van der Waals surface area contributed by atoms with Crippen LogP contribution in [0.4, 0.5) is 10.0 Å². The van der Waals surface area contributed by atoms with Gasteiger partial charge in [0.2, 0.25) is 0 Å². The van der Waals surface area contributed by atoms with E-state index in [2.05, 4.69) is 15.9 Å². The van der Waals surface area contributed by atoms with E-state index < -0.39 is 12.4 Å². The average Bonchev–Trinajstić information content (AvgIpc) is 2.79. The van der Waals surface area contributed by atoms with Crippen LogP contribution in [-0.4, -0.2) is 23.1 Å². The number of fused-ring (bicyclic) bond motifs is 3. The summed E-state index contributed by atoms with van der Waals surface area (Å²) in [5.74, 6) is 0.357. The van der Waals surface area contributed by atoms with Crippen molar-refractivity contribution < 1.29 is 18.3 Å². The predicted molar refractivity (Wildman–Crippen MR) is 126 cm³/mol. The zero-order valence-corrected chi connectivity index (χ0v) is 18.3. The van der Waals surface area contributed by atoms with Gasteiger partial charge in [0, 0.05) is 16.6 Å². The minimum absolute atomic E-state index is 0.271. The Kier molecular flexibility index (Phi) is 4.75. The molecular formula is C25H18BBrFNO2. The number of nitrogens with zero attached hydrogens (tertiary/aromatic N) is 1. The van der Waals surface area contributed by atoms with Crippen molar-refractivity contribution in [1.29, 1.82) is 0 Å². The number of benzene rings is 4. The number of halogens is 2. The Hall–Kier alpha value is -3.25. The van der Waals surface area contributed by atoms with Crippen molar-refractivity contribution in [2.45, 2.75) is 6.92 Å². The summed E-state index contributed by atoms with van der Waals surface area (Å²) < 4.78 is 24.8. The fraction of sp³-hybridized carbons (Fsp3) is 0.0400. The van der Waals surface area contributed by atoms with Crippen molar-refractivity contribution in [3.8, 4) is 5.75 Å². The molecule has 0 aromatic heterocycles. The van der Waals surface area contributed by atoms with Gasteiger partial charge in [0.1, 0.15) is 6.21 Å². The molecule has 1 aliphatic rings. The number of hydrogen-bond donors (Lipinski definition) is 0. The summed E-state index contributed by atoms with van der Waals surface area (Å²) in [7, 11) is 0. The van der Waals surface area contributed by atoms with Crippen molar-refractivity contribution in [3.05, 3.63) is 106 Å². The third-order valence-corrected chi connectivity index (χ3v) is 6.15. The van der Waals surface area contributed by atoms with Gasteiger partial charge >= 0.3 is 6.76 Å². The van der Waals surface area contributed by atoms with E-state index in [0.29, 0.717) is 11.4 Å². The molecular weight excluding hydrogens is 456 g/mol. The maximum Gasteiger partial charge on any atom is 0.704 e. The maximum atomic E-state index is 16.7. The molecule has 0 amide bonds. The molecule has 4 aromatic carbocycles. The highest BCUT2D eigenvalue weighted by atomic mass is 79.9. The quantitative estimate of drug-likeness (QED) is 0.322. The zero-order chi connectivity index (χ0) is 21.6. The highest BCUT2D eigenvalue weighted by Crippen LogP contribution is 2.36. The van der Waals surface area contributed by atoms with Crippen molar-refractivity contribution in [1.82, 2.24) is 0 Å². The number of hydrogen-bond acceptors (Lipinski definition) is 2. The van der Waals surface area contributed by atoms with Crippen LogP contribution in [0.3, 0.4) is 0 Å². The first-order valence-electron chi connectivity index (χ1n) is 10.00. The average molecular weight is 474 g/mol. The lowest BCUT2D eigenvalue weighted by atomic mass is 9.64. The fourth-order valence-electron chi connectivity index (χ4n) is 3.95. The molecule has 1 heterocycles. The lowest BCUT2D eigenvalue weighted by Crippen LogP contribution is -2.57. The van der Waals surface area contributed by atoms with Crippen LogP contribution in [-0.2, 0) is 0 Å². The highest BCUT2D eigenvalue weighted by molar-refractivity contribution is 9.10. The van der Waals surface area contributed by atoms with Crippen LogP contribution in [0, 0.1) is 6.92 Å². The van der Waals surface area contributed by atoms with Crippen LogP contribution in [0.25, 0.3) is 10.8 Å². The Bertz CT molecular complexity index is 1350. The van der Waals surface area contributed by atoms with E-state index in [9.17, 15) is 4.79 Å². The van der Waals surface area contributed by atoms with E-state index >= 15 is 4.32 Å². The molecule has 0 radical (unpaired) electrons. The molecule has 0 saturated heterocycles. The summed E-state index contributed by atoms with van der Waals surface area (Å²) in [5, 5.41) is 1.95. The summed E-state index contributed by atoms with van der Waals surface area (Å²) in [6, 6.07) is 25.5. The Morgan fingerprint density at radius 2 is 1.65 bits per heavy atom. The maximum absolute atomic E-state index is 16.7. The lowest BCUT2D eigenvalue weighted by molar-refractivity contribution is -0.322. The van der Waals surface area contributed by atoms with Crippen LogP contribution in [0.2, 0.25) is 0 Å². The molecule has 0 fully saturated rings. The van der Waals surface area contributed by atoms with Gasteiger partial charge in [-0.3, -0.25) is 0 Å². The number of aryl methyl sites for hydroxylation is 1. The molecule has 0 bridgehead atoms. The van der Waals surface area contributed by atoms with Crippen LogP contribution in [0.5, 0.6) is 5.75 Å². The van der Waals surface area contributed by atoms with Gasteiger partial charge in [-0.05, 0) is 41.5 Å². The van der Waals surface area contributed by atoms with E-state index in [1.54, 1.807) is 48.7 Å². The third-order valence-electron chi connectivity index (χ3n) is 5.62. The third kappa shape index (κ3) is 3.37. The fourth-order valence-corrected chi connectivity index (χ4v) is 4.22. The monoisotopic (exact) mass is 473 g/mol. The first-order chi connectivity index (χ1) is 15.0. The van der Waals surface area contributed by atoms with Gasteiger partial charge in [0.05, 0.1) is 11.3 Å². The van der Waals surface area contributed by atoms with Crippen molar-refractivity contribution in [3.63, 3.8) is 0 Å². The van der Waals surface area contributed by atoms with Crippen molar-refractivity contribution in [2.75, 3.05) is 0 Å². The van der Waals surface area contributed by atoms with Crippen molar-refractivity contribution in [2.24, 2.45) is 0 Å². The van der Waals surface area contributed by atoms with Gasteiger partial charge in [-0.1, -0.05) is 76.1 Å². The molecule has 3 nitrogen and oxygen atoms in total. The minimum atomic E-state index is -3.57. The zero-order valence-electron chi connectivity index (χ0n) is 16.8. The SMILES string of the molecule is Cc1ccc(C(=O)[B@@-]2(F)Oc3ccc4ccccc4c3C=[N+]2c2ccc(Br)cc2)cc1. The van der Waals surface area contributed by atoms with E-state index in [1.807, 2.05) is 49.4 Å². The smallest absolute Gasteiger partial charge is 0.624 e. The Labute approximate surface area is 187 Å². The highest BCUT2D eigenvalue weighted by Gasteiger charge is 2.55. The Balaban J connectivity index is 1.74.